The summed E-state index contributed by atoms with van der Waals surface area (Å²) < 4.78 is 0. The van der Waals surface area contributed by atoms with Crippen molar-refractivity contribution in [3.8, 4) is 0 Å². The molecule has 0 bridgehead atoms. The zero-order valence-corrected chi connectivity index (χ0v) is 12.8. The summed E-state index contributed by atoms with van der Waals surface area (Å²) in [5.41, 5.74) is 2.96. The first-order valence-corrected chi connectivity index (χ1v) is 8.02. The molecule has 0 spiro atoms. The first-order chi connectivity index (χ1) is 9.24. The summed E-state index contributed by atoms with van der Waals surface area (Å²) in [6, 6.07) is 9.52. The van der Waals surface area contributed by atoms with Crippen LogP contribution in [0.4, 0.5) is 0 Å². The van der Waals surface area contributed by atoms with E-state index in [1.165, 1.54) is 43.2 Å². The minimum atomic E-state index is 0.669. The van der Waals surface area contributed by atoms with E-state index >= 15 is 0 Å². The fourth-order valence-corrected chi connectivity index (χ4v) is 3.59. The fraction of sp³-hybridized carbons (Fsp3) is 0.667. The Morgan fingerprint density at radius 1 is 1.21 bits per heavy atom. The molecule has 1 aliphatic rings. The van der Waals surface area contributed by atoms with Crippen LogP contribution in [0.3, 0.4) is 0 Å². The van der Waals surface area contributed by atoms with Crippen LogP contribution in [-0.4, -0.2) is 12.6 Å². The van der Waals surface area contributed by atoms with Gasteiger partial charge < -0.3 is 5.32 Å². The molecule has 19 heavy (non-hydrogen) atoms. The number of rotatable bonds is 6. The van der Waals surface area contributed by atoms with Gasteiger partial charge in [-0.2, -0.15) is 0 Å². The molecule has 1 saturated carbocycles. The highest BCUT2D eigenvalue weighted by Crippen LogP contribution is 2.35. The first-order valence-electron chi connectivity index (χ1n) is 8.02. The molecule has 0 saturated heterocycles. The second-order valence-corrected chi connectivity index (χ2v) is 6.14. The quantitative estimate of drug-likeness (QED) is 0.801. The Morgan fingerprint density at radius 2 is 2.00 bits per heavy atom. The third kappa shape index (κ3) is 3.82. The summed E-state index contributed by atoms with van der Waals surface area (Å²) in [4.78, 5) is 0. The molecule has 0 amide bonds. The molecular weight excluding hydrogens is 230 g/mol. The third-order valence-corrected chi connectivity index (χ3v) is 4.90. The molecule has 1 nitrogen and oxygen atoms in total. The number of hydrogen-bond donors (Lipinski definition) is 1. The predicted octanol–water partition coefficient (Wildman–Crippen LogP) is 4.34. The van der Waals surface area contributed by atoms with Crippen LogP contribution in [0.1, 0.15) is 50.7 Å². The predicted molar refractivity (Wildman–Crippen MR) is 83.5 cm³/mol. The van der Waals surface area contributed by atoms with Gasteiger partial charge in [-0.25, -0.2) is 0 Å². The molecule has 0 heterocycles. The molecule has 0 aliphatic heterocycles. The highest BCUT2D eigenvalue weighted by Gasteiger charge is 2.29. The summed E-state index contributed by atoms with van der Waals surface area (Å²) in [7, 11) is 0. The van der Waals surface area contributed by atoms with E-state index in [1.54, 1.807) is 0 Å². The third-order valence-electron chi connectivity index (χ3n) is 4.90. The molecule has 3 unspecified atom stereocenters. The smallest absolute Gasteiger partial charge is 0.0136 e. The second kappa shape index (κ2) is 7.09. The van der Waals surface area contributed by atoms with Gasteiger partial charge in [-0.15, -0.1) is 0 Å². The van der Waals surface area contributed by atoms with E-state index in [-0.39, 0.29) is 0 Å². The van der Waals surface area contributed by atoms with E-state index < -0.39 is 0 Å². The maximum atomic E-state index is 3.74. The van der Waals surface area contributed by atoms with Crippen molar-refractivity contribution in [2.75, 3.05) is 6.54 Å². The molecule has 106 valence electrons. The van der Waals surface area contributed by atoms with Crippen molar-refractivity contribution in [1.82, 2.24) is 5.32 Å². The van der Waals surface area contributed by atoms with Gasteiger partial charge in [0.15, 0.2) is 0 Å². The molecule has 1 aliphatic carbocycles. The zero-order valence-electron chi connectivity index (χ0n) is 12.8. The van der Waals surface area contributed by atoms with E-state index in [9.17, 15) is 0 Å². The molecule has 1 heteroatoms. The summed E-state index contributed by atoms with van der Waals surface area (Å²) in [6.45, 7) is 7.90. The van der Waals surface area contributed by atoms with Gasteiger partial charge in [-0.3, -0.25) is 0 Å². The molecule has 1 aromatic rings. The Kier molecular flexibility index (Phi) is 5.45. The minimum Gasteiger partial charge on any atom is -0.314 e. The van der Waals surface area contributed by atoms with Crippen LogP contribution in [0.2, 0.25) is 0 Å². The van der Waals surface area contributed by atoms with Gasteiger partial charge in [0, 0.05) is 6.04 Å². The fourth-order valence-electron chi connectivity index (χ4n) is 3.59. The SMILES string of the molecule is CCNC(Cc1ccccc1C)C1CCC(CC)C1. The van der Waals surface area contributed by atoms with Crippen LogP contribution in [0.5, 0.6) is 0 Å². The van der Waals surface area contributed by atoms with Crippen molar-refractivity contribution in [1.29, 1.82) is 0 Å². The van der Waals surface area contributed by atoms with Crippen molar-refractivity contribution in [3.05, 3.63) is 35.4 Å². The van der Waals surface area contributed by atoms with Crippen molar-refractivity contribution in [2.24, 2.45) is 11.8 Å². The number of hydrogen-bond acceptors (Lipinski definition) is 1. The summed E-state index contributed by atoms with van der Waals surface area (Å²) >= 11 is 0. The van der Waals surface area contributed by atoms with Crippen molar-refractivity contribution < 1.29 is 0 Å². The lowest BCUT2D eigenvalue weighted by molar-refractivity contribution is 0.348. The molecule has 0 aromatic heterocycles. The lowest BCUT2D eigenvalue weighted by atomic mass is 9.89. The highest BCUT2D eigenvalue weighted by atomic mass is 14.9. The molecule has 2 rings (SSSR count). The Morgan fingerprint density at radius 3 is 2.63 bits per heavy atom. The average Bonchev–Trinajstić information content (AvgIpc) is 2.89. The lowest BCUT2D eigenvalue weighted by Crippen LogP contribution is -2.37. The topological polar surface area (TPSA) is 12.0 Å². The Hall–Kier alpha value is -0.820. The molecule has 1 aromatic carbocycles. The van der Waals surface area contributed by atoms with E-state index in [0.29, 0.717) is 6.04 Å². The van der Waals surface area contributed by atoms with Gasteiger partial charge in [0.2, 0.25) is 0 Å². The monoisotopic (exact) mass is 259 g/mol. The summed E-state index contributed by atoms with van der Waals surface area (Å²) in [5, 5.41) is 3.74. The zero-order chi connectivity index (χ0) is 13.7. The van der Waals surface area contributed by atoms with Gasteiger partial charge >= 0.3 is 0 Å². The number of benzene rings is 1. The maximum absolute atomic E-state index is 3.74. The number of aryl methyl sites for hydroxylation is 1. The molecule has 3 atom stereocenters. The highest BCUT2D eigenvalue weighted by molar-refractivity contribution is 5.26. The van der Waals surface area contributed by atoms with Crippen molar-refractivity contribution in [3.63, 3.8) is 0 Å². The van der Waals surface area contributed by atoms with Gasteiger partial charge in [0.25, 0.3) is 0 Å². The largest absolute Gasteiger partial charge is 0.314 e. The van der Waals surface area contributed by atoms with Crippen LogP contribution >= 0.6 is 0 Å². The van der Waals surface area contributed by atoms with Crippen LogP contribution in [0.15, 0.2) is 24.3 Å². The van der Waals surface area contributed by atoms with Crippen LogP contribution in [0.25, 0.3) is 0 Å². The molecule has 0 radical (unpaired) electrons. The lowest BCUT2D eigenvalue weighted by Gasteiger charge is -2.25. The van der Waals surface area contributed by atoms with E-state index in [2.05, 4.69) is 50.4 Å². The summed E-state index contributed by atoms with van der Waals surface area (Å²) in [5.74, 6) is 1.85. The first kappa shape index (κ1) is 14.6. The number of likely N-dealkylation sites (N-methyl/N-ethyl adjacent to an activating group) is 1. The van der Waals surface area contributed by atoms with E-state index in [1.807, 2.05) is 0 Å². The van der Waals surface area contributed by atoms with Crippen LogP contribution < -0.4 is 5.32 Å². The van der Waals surface area contributed by atoms with E-state index in [4.69, 9.17) is 0 Å². The van der Waals surface area contributed by atoms with Gasteiger partial charge in [-0.05, 0) is 55.7 Å². The molecule has 1 N–H and O–H groups in total. The summed E-state index contributed by atoms with van der Waals surface area (Å²) in [6.07, 6.45) is 6.85. The Bertz CT molecular complexity index is 385. The van der Waals surface area contributed by atoms with E-state index in [0.717, 1.165) is 18.4 Å². The molecule has 1 fully saturated rings. The Balaban J connectivity index is 2.02. The van der Waals surface area contributed by atoms with Crippen molar-refractivity contribution in [2.45, 2.75) is 58.9 Å². The Labute approximate surface area is 118 Å². The second-order valence-electron chi connectivity index (χ2n) is 6.14. The van der Waals surface area contributed by atoms with Crippen LogP contribution in [-0.2, 0) is 6.42 Å². The van der Waals surface area contributed by atoms with Gasteiger partial charge in [0.1, 0.15) is 0 Å². The molecular formula is C18H29N. The minimum absolute atomic E-state index is 0.669. The van der Waals surface area contributed by atoms with Gasteiger partial charge in [-0.1, -0.05) is 51.0 Å². The maximum Gasteiger partial charge on any atom is 0.0136 e. The standard InChI is InChI=1S/C18H29N/c1-4-15-10-11-17(12-15)18(19-5-2)13-16-9-7-6-8-14(16)3/h6-9,15,17-19H,4-5,10-13H2,1-3H3. The average molecular weight is 259 g/mol. The van der Waals surface area contributed by atoms with Crippen LogP contribution in [0, 0.1) is 18.8 Å². The number of nitrogens with one attached hydrogen (secondary N) is 1. The van der Waals surface area contributed by atoms with Crippen molar-refractivity contribution >= 4 is 0 Å². The normalized spacial score (nSPS) is 24.6. The van der Waals surface area contributed by atoms with Gasteiger partial charge in [0.05, 0.1) is 0 Å².